The first-order valence-electron chi connectivity index (χ1n) is 14.3. The predicted molar refractivity (Wildman–Crippen MR) is 174 cm³/mol. The van der Waals surface area contributed by atoms with Crippen LogP contribution in [0.15, 0.2) is 102 Å². The predicted octanol–water partition coefficient (Wildman–Crippen LogP) is 7.95. The summed E-state index contributed by atoms with van der Waals surface area (Å²) in [6.45, 7) is 1.07. The van der Waals surface area contributed by atoms with Gasteiger partial charge in [0.1, 0.15) is 12.4 Å². The van der Waals surface area contributed by atoms with Gasteiger partial charge in [0.05, 0.1) is 53.0 Å². The zero-order valence-electron chi connectivity index (χ0n) is 24.3. The highest BCUT2D eigenvalue weighted by Crippen LogP contribution is 2.38. The van der Waals surface area contributed by atoms with Gasteiger partial charge in [0.2, 0.25) is 0 Å². The lowest BCUT2D eigenvalue weighted by Crippen LogP contribution is -2.11. The van der Waals surface area contributed by atoms with Gasteiger partial charge in [0.15, 0.2) is 11.5 Å². The molecule has 0 saturated heterocycles. The Balaban J connectivity index is 1.06. The van der Waals surface area contributed by atoms with Crippen molar-refractivity contribution in [1.29, 1.82) is 0 Å². The molecule has 10 heteroatoms. The van der Waals surface area contributed by atoms with Crippen LogP contribution in [0.3, 0.4) is 0 Å². The third-order valence-electron chi connectivity index (χ3n) is 7.65. The quantitative estimate of drug-likeness (QED) is 0.171. The van der Waals surface area contributed by atoms with Gasteiger partial charge in [-0.05, 0) is 83.8 Å². The molecule has 6 aromatic rings. The molecular formula is C35H28FN5O3S. The number of methoxy groups -OCH3 is 1. The number of amides is 1. The molecule has 7 rings (SSSR count). The van der Waals surface area contributed by atoms with Gasteiger partial charge in [-0.3, -0.25) is 4.79 Å². The van der Waals surface area contributed by atoms with E-state index >= 15 is 0 Å². The van der Waals surface area contributed by atoms with Crippen molar-refractivity contribution in [3.05, 3.63) is 125 Å². The summed E-state index contributed by atoms with van der Waals surface area (Å²) in [5, 5.41) is 8.48. The highest BCUT2D eigenvalue weighted by Gasteiger charge is 2.20. The zero-order chi connectivity index (χ0) is 30.8. The number of halogens is 1. The molecule has 3 heterocycles. The number of carbonyl (C=O) groups excluding carboxylic acids is 1. The van der Waals surface area contributed by atoms with Crippen molar-refractivity contribution < 1.29 is 18.7 Å². The van der Waals surface area contributed by atoms with Crippen LogP contribution in [-0.4, -0.2) is 27.6 Å². The first-order valence-corrected chi connectivity index (χ1v) is 15.3. The smallest absolute Gasteiger partial charge is 0.257 e. The van der Waals surface area contributed by atoms with Crippen LogP contribution >= 0.6 is 11.3 Å². The second-order valence-electron chi connectivity index (χ2n) is 10.6. The summed E-state index contributed by atoms with van der Waals surface area (Å²) >= 11 is 1.53. The summed E-state index contributed by atoms with van der Waals surface area (Å²) in [5.74, 6) is 0.796. The number of fused-ring (bicyclic) bond motifs is 2. The molecule has 0 unspecified atom stereocenters. The Labute approximate surface area is 263 Å². The summed E-state index contributed by atoms with van der Waals surface area (Å²) in [6, 6.07) is 23.9. The van der Waals surface area contributed by atoms with Crippen molar-refractivity contribution in [2.24, 2.45) is 0 Å². The van der Waals surface area contributed by atoms with Crippen LogP contribution in [0.4, 0.5) is 21.5 Å². The van der Waals surface area contributed by atoms with Gasteiger partial charge in [-0.1, -0.05) is 18.2 Å². The number of hydrogen-bond donors (Lipinski definition) is 2. The number of carbonyl (C=O) groups is 1. The number of aromatic nitrogens is 3. The van der Waals surface area contributed by atoms with E-state index in [1.54, 1.807) is 31.1 Å². The SMILES string of the molecule is COc1cc(-c2ccc3c(c2)Nc2ccc(CCn4cnc(-c5ccc(F)cc5)c4)cc2NC3=O)ccc1OCc1cscn1. The number of aryl methyl sites for hydroxylation is 2. The summed E-state index contributed by atoms with van der Waals surface area (Å²) in [4.78, 5) is 22.0. The molecule has 0 radical (unpaired) electrons. The third kappa shape index (κ3) is 6.13. The van der Waals surface area contributed by atoms with Crippen molar-refractivity contribution in [2.75, 3.05) is 17.7 Å². The van der Waals surface area contributed by atoms with Gasteiger partial charge in [0, 0.05) is 23.7 Å². The minimum Gasteiger partial charge on any atom is -0.493 e. The maximum Gasteiger partial charge on any atom is 0.257 e. The molecule has 4 aromatic carbocycles. The number of thiazole rings is 1. The van der Waals surface area contributed by atoms with Crippen LogP contribution in [0.5, 0.6) is 11.5 Å². The average Bonchev–Trinajstić information content (AvgIpc) is 3.74. The van der Waals surface area contributed by atoms with Crippen molar-refractivity contribution in [3.8, 4) is 33.9 Å². The summed E-state index contributed by atoms with van der Waals surface area (Å²) < 4.78 is 26.8. The number of imidazole rings is 1. The van der Waals surface area contributed by atoms with E-state index in [9.17, 15) is 9.18 Å². The number of nitrogens with one attached hydrogen (secondary N) is 2. The second kappa shape index (κ2) is 12.3. The minimum absolute atomic E-state index is 0.179. The number of anilines is 3. The second-order valence-corrected chi connectivity index (χ2v) is 11.3. The van der Waals surface area contributed by atoms with Gasteiger partial charge in [-0.2, -0.15) is 0 Å². The Hall–Kier alpha value is -5.48. The first-order chi connectivity index (χ1) is 22.0. The molecule has 0 bridgehead atoms. The van der Waals surface area contributed by atoms with Gasteiger partial charge in [-0.15, -0.1) is 11.3 Å². The number of hydrogen-bond acceptors (Lipinski definition) is 7. The molecular weight excluding hydrogens is 589 g/mol. The molecule has 0 spiro atoms. The molecule has 2 aromatic heterocycles. The normalized spacial score (nSPS) is 12.0. The Morgan fingerprint density at radius 3 is 2.49 bits per heavy atom. The number of rotatable bonds is 9. The molecule has 0 saturated carbocycles. The van der Waals surface area contributed by atoms with Crippen molar-refractivity contribution in [3.63, 3.8) is 0 Å². The Kier molecular flexibility index (Phi) is 7.71. The van der Waals surface area contributed by atoms with E-state index < -0.39 is 0 Å². The molecule has 0 fully saturated rings. The maximum atomic E-state index is 13.3. The molecule has 2 N–H and O–H groups in total. The lowest BCUT2D eigenvalue weighted by atomic mass is 10.0. The van der Waals surface area contributed by atoms with E-state index in [0.717, 1.165) is 51.4 Å². The Bertz CT molecular complexity index is 1990. The average molecular weight is 618 g/mol. The monoisotopic (exact) mass is 617 g/mol. The number of benzene rings is 4. The molecule has 1 aliphatic heterocycles. The summed E-state index contributed by atoms with van der Waals surface area (Å²) in [6.07, 6.45) is 4.47. The van der Waals surface area contributed by atoms with E-state index in [4.69, 9.17) is 9.47 Å². The van der Waals surface area contributed by atoms with Crippen LogP contribution in [0, 0.1) is 5.82 Å². The summed E-state index contributed by atoms with van der Waals surface area (Å²) in [7, 11) is 1.61. The fraction of sp³-hybridized carbons (Fsp3) is 0.114. The molecule has 224 valence electrons. The van der Waals surface area contributed by atoms with E-state index in [0.29, 0.717) is 35.9 Å². The van der Waals surface area contributed by atoms with Crippen LogP contribution in [0.2, 0.25) is 0 Å². The molecule has 0 atom stereocenters. The molecule has 0 aliphatic carbocycles. The number of ether oxygens (including phenoxy) is 2. The maximum absolute atomic E-state index is 13.3. The molecule has 45 heavy (non-hydrogen) atoms. The lowest BCUT2D eigenvalue weighted by Gasteiger charge is -2.14. The standard InChI is InChI=1S/C35H28FN5O3S/c1-43-34-16-25(6-11-33(34)44-18-27-19-45-21-38-27)24-5-9-28-30(15-24)39-29-10-2-22(14-31(29)40-35(28)42)12-13-41-17-32(37-20-41)23-3-7-26(36)8-4-23/h2-11,14-17,19-21,39H,12-13,18H2,1H3,(H,40,42). The van der Waals surface area contributed by atoms with Crippen molar-refractivity contribution >= 4 is 34.3 Å². The molecule has 1 amide bonds. The van der Waals surface area contributed by atoms with Gasteiger partial charge >= 0.3 is 0 Å². The van der Waals surface area contributed by atoms with Crippen LogP contribution < -0.4 is 20.1 Å². The highest BCUT2D eigenvalue weighted by atomic mass is 32.1. The van der Waals surface area contributed by atoms with Crippen LogP contribution in [0.1, 0.15) is 21.6 Å². The van der Waals surface area contributed by atoms with Crippen molar-refractivity contribution in [2.45, 2.75) is 19.6 Å². The fourth-order valence-electron chi connectivity index (χ4n) is 5.26. The van der Waals surface area contributed by atoms with Gasteiger partial charge < -0.3 is 24.7 Å². The fourth-order valence-corrected chi connectivity index (χ4v) is 5.80. The summed E-state index contributed by atoms with van der Waals surface area (Å²) in [5.41, 5.74) is 10.0. The number of nitrogens with zero attached hydrogens (tertiary/aromatic N) is 3. The van der Waals surface area contributed by atoms with E-state index in [2.05, 4.69) is 26.7 Å². The topological polar surface area (TPSA) is 90.3 Å². The minimum atomic E-state index is -0.272. The van der Waals surface area contributed by atoms with E-state index in [1.165, 1.54) is 23.5 Å². The molecule has 8 nitrogen and oxygen atoms in total. The molecule has 1 aliphatic rings. The van der Waals surface area contributed by atoms with Gasteiger partial charge in [0.25, 0.3) is 5.91 Å². The first kappa shape index (κ1) is 28.3. The van der Waals surface area contributed by atoms with E-state index in [-0.39, 0.29) is 11.7 Å². The highest BCUT2D eigenvalue weighted by molar-refractivity contribution is 7.07. The van der Waals surface area contributed by atoms with E-state index in [1.807, 2.05) is 64.7 Å². The van der Waals surface area contributed by atoms with Crippen LogP contribution in [-0.2, 0) is 19.6 Å². The zero-order valence-corrected chi connectivity index (χ0v) is 25.1. The third-order valence-corrected chi connectivity index (χ3v) is 8.29. The van der Waals surface area contributed by atoms with Crippen LogP contribution in [0.25, 0.3) is 22.4 Å². The lowest BCUT2D eigenvalue weighted by molar-refractivity contribution is 0.102. The Morgan fingerprint density at radius 2 is 1.67 bits per heavy atom. The van der Waals surface area contributed by atoms with Gasteiger partial charge in [-0.25, -0.2) is 14.4 Å². The van der Waals surface area contributed by atoms with Crippen molar-refractivity contribution in [1.82, 2.24) is 14.5 Å². The Morgan fingerprint density at radius 1 is 0.844 bits per heavy atom. The largest absolute Gasteiger partial charge is 0.493 e.